The molecule has 1 saturated heterocycles. The first-order chi connectivity index (χ1) is 6.77. The van der Waals surface area contributed by atoms with Crippen LogP contribution in [0.3, 0.4) is 0 Å². The molecule has 1 saturated carbocycles. The molecule has 2 rings (SSSR count). The number of likely N-dealkylation sites (tertiary alicyclic amines) is 1. The van der Waals surface area contributed by atoms with Gasteiger partial charge in [0.05, 0.1) is 0 Å². The highest BCUT2D eigenvalue weighted by Gasteiger charge is 2.34. The van der Waals surface area contributed by atoms with Gasteiger partial charge >= 0.3 is 0 Å². The Morgan fingerprint density at radius 3 is 1.71 bits per heavy atom. The van der Waals surface area contributed by atoms with Crippen LogP contribution in [0.5, 0.6) is 0 Å². The van der Waals surface area contributed by atoms with Crippen LogP contribution < -0.4 is 0 Å². The lowest BCUT2D eigenvalue weighted by Crippen LogP contribution is -2.28. The van der Waals surface area contributed by atoms with E-state index in [-0.39, 0.29) is 0 Å². The molecule has 0 aromatic rings. The van der Waals surface area contributed by atoms with E-state index in [1.165, 1.54) is 38.8 Å². The van der Waals surface area contributed by atoms with Crippen molar-refractivity contribution in [3.05, 3.63) is 0 Å². The summed E-state index contributed by atoms with van der Waals surface area (Å²) in [5.41, 5.74) is 0. The number of hydrogen-bond donors (Lipinski definition) is 0. The maximum Gasteiger partial charge on any atom is 0.00388 e. The van der Waals surface area contributed by atoms with Crippen molar-refractivity contribution in [1.82, 2.24) is 4.90 Å². The predicted octanol–water partition coefficient (Wildman–Crippen LogP) is 3.54. The van der Waals surface area contributed by atoms with Crippen LogP contribution in [0.2, 0.25) is 0 Å². The SMILES string of the molecule is CC.CC(C)N1CC2CCCCC2C1. The second kappa shape index (κ2) is 5.75. The van der Waals surface area contributed by atoms with Crippen LogP contribution in [-0.4, -0.2) is 24.0 Å². The molecule has 1 heterocycles. The second-order valence-electron chi connectivity index (χ2n) is 4.85. The first-order valence-electron chi connectivity index (χ1n) is 6.51. The van der Waals surface area contributed by atoms with Gasteiger partial charge in [0, 0.05) is 19.1 Å². The number of hydrogen-bond acceptors (Lipinski definition) is 1. The number of nitrogens with zero attached hydrogens (tertiary/aromatic N) is 1. The Morgan fingerprint density at radius 2 is 1.36 bits per heavy atom. The van der Waals surface area contributed by atoms with Crippen molar-refractivity contribution in [2.75, 3.05) is 13.1 Å². The van der Waals surface area contributed by atoms with Crippen molar-refractivity contribution in [3.8, 4) is 0 Å². The Kier molecular flexibility index (Phi) is 4.94. The van der Waals surface area contributed by atoms with E-state index < -0.39 is 0 Å². The zero-order chi connectivity index (χ0) is 10.6. The number of rotatable bonds is 1. The van der Waals surface area contributed by atoms with Gasteiger partial charge in [0.1, 0.15) is 0 Å². The van der Waals surface area contributed by atoms with Crippen LogP contribution in [-0.2, 0) is 0 Å². The largest absolute Gasteiger partial charge is 0.300 e. The van der Waals surface area contributed by atoms with Crippen LogP contribution in [0.1, 0.15) is 53.4 Å². The van der Waals surface area contributed by atoms with E-state index >= 15 is 0 Å². The topological polar surface area (TPSA) is 3.24 Å². The molecule has 2 unspecified atom stereocenters. The van der Waals surface area contributed by atoms with Gasteiger partial charge in [0.2, 0.25) is 0 Å². The Labute approximate surface area is 89.9 Å². The van der Waals surface area contributed by atoms with Gasteiger partial charge in [-0.25, -0.2) is 0 Å². The van der Waals surface area contributed by atoms with Gasteiger partial charge < -0.3 is 4.90 Å². The molecule has 0 bridgehead atoms. The molecule has 0 aromatic carbocycles. The highest BCUT2D eigenvalue weighted by Crippen LogP contribution is 2.36. The fourth-order valence-corrected chi connectivity index (χ4v) is 2.86. The molecule has 2 fully saturated rings. The maximum absolute atomic E-state index is 2.67. The summed E-state index contributed by atoms with van der Waals surface area (Å²) in [4.78, 5) is 2.67. The normalized spacial score (nSPS) is 32.4. The van der Waals surface area contributed by atoms with Gasteiger partial charge in [0.25, 0.3) is 0 Å². The van der Waals surface area contributed by atoms with Crippen LogP contribution in [0.4, 0.5) is 0 Å². The van der Waals surface area contributed by atoms with Gasteiger partial charge in [-0.05, 0) is 38.5 Å². The minimum atomic E-state index is 0.774. The molecule has 2 atom stereocenters. The molecule has 1 aliphatic carbocycles. The summed E-state index contributed by atoms with van der Waals surface area (Å²) in [5.74, 6) is 2.11. The van der Waals surface area contributed by atoms with Crippen molar-refractivity contribution in [1.29, 1.82) is 0 Å². The lowest BCUT2D eigenvalue weighted by atomic mass is 9.82. The fraction of sp³-hybridized carbons (Fsp3) is 1.00. The maximum atomic E-state index is 2.67. The van der Waals surface area contributed by atoms with E-state index in [4.69, 9.17) is 0 Å². The lowest BCUT2D eigenvalue weighted by Gasteiger charge is -2.23. The Hall–Kier alpha value is -0.0400. The molecule has 1 aliphatic heterocycles. The minimum Gasteiger partial charge on any atom is -0.300 e. The zero-order valence-corrected chi connectivity index (χ0v) is 10.4. The highest BCUT2D eigenvalue weighted by molar-refractivity contribution is 4.87. The van der Waals surface area contributed by atoms with Crippen molar-refractivity contribution in [3.63, 3.8) is 0 Å². The fourth-order valence-electron chi connectivity index (χ4n) is 2.86. The third kappa shape index (κ3) is 2.73. The second-order valence-corrected chi connectivity index (χ2v) is 4.85. The molecule has 0 amide bonds. The van der Waals surface area contributed by atoms with Crippen LogP contribution in [0.15, 0.2) is 0 Å². The van der Waals surface area contributed by atoms with Crippen molar-refractivity contribution < 1.29 is 0 Å². The van der Waals surface area contributed by atoms with Crippen LogP contribution in [0, 0.1) is 11.8 Å². The van der Waals surface area contributed by atoms with Crippen molar-refractivity contribution >= 4 is 0 Å². The van der Waals surface area contributed by atoms with E-state index in [0.717, 1.165) is 17.9 Å². The first kappa shape index (κ1) is 12.0. The van der Waals surface area contributed by atoms with Gasteiger partial charge in [-0.2, -0.15) is 0 Å². The average molecular weight is 197 g/mol. The van der Waals surface area contributed by atoms with Gasteiger partial charge in [0.15, 0.2) is 0 Å². The van der Waals surface area contributed by atoms with E-state index in [0.29, 0.717) is 0 Å². The summed E-state index contributed by atoms with van der Waals surface area (Å²) >= 11 is 0. The molecule has 1 heteroatoms. The molecular formula is C13H27N. The summed E-state index contributed by atoms with van der Waals surface area (Å²) < 4.78 is 0. The molecule has 0 radical (unpaired) electrons. The molecule has 1 nitrogen and oxygen atoms in total. The minimum absolute atomic E-state index is 0.774. The molecule has 2 aliphatic rings. The molecule has 0 spiro atoms. The predicted molar refractivity (Wildman–Crippen MR) is 63.5 cm³/mol. The molecule has 84 valence electrons. The molecule has 0 aromatic heterocycles. The smallest absolute Gasteiger partial charge is 0.00388 e. The molecule has 14 heavy (non-hydrogen) atoms. The van der Waals surface area contributed by atoms with E-state index in [9.17, 15) is 0 Å². The van der Waals surface area contributed by atoms with Crippen LogP contribution in [0.25, 0.3) is 0 Å². The summed E-state index contributed by atoms with van der Waals surface area (Å²) in [6, 6.07) is 0.774. The monoisotopic (exact) mass is 197 g/mol. The summed E-state index contributed by atoms with van der Waals surface area (Å²) in [6.07, 6.45) is 6.00. The quantitative estimate of drug-likeness (QED) is 0.621. The third-order valence-electron chi connectivity index (χ3n) is 3.73. The summed E-state index contributed by atoms with van der Waals surface area (Å²) in [7, 11) is 0. The third-order valence-corrected chi connectivity index (χ3v) is 3.73. The Bertz CT molecular complexity index is 139. The Morgan fingerprint density at radius 1 is 0.929 bits per heavy atom. The van der Waals surface area contributed by atoms with E-state index in [1.807, 2.05) is 13.8 Å². The lowest BCUT2D eigenvalue weighted by molar-refractivity contribution is 0.261. The van der Waals surface area contributed by atoms with E-state index in [1.54, 1.807) is 0 Å². The van der Waals surface area contributed by atoms with Crippen molar-refractivity contribution in [2.24, 2.45) is 11.8 Å². The van der Waals surface area contributed by atoms with Crippen LogP contribution >= 0.6 is 0 Å². The zero-order valence-electron chi connectivity index (χ0n) is 10.4. The van der Waals surface area contributed by atoms with Gasteiger partial charge in [-0.1, -0.05) is 26.7 Å². The van der Waals surface area contributed by atoms with E-state index in [2.05, 4.69) is 18.7 Å². The number of fused-ring (bicyclic) bond motifs is 1. The van der Waals surface area contributed by atoms with Gasteiger partial charge in [-0.15, -0.1) is 0 Å². The molecular weight excluding hydrogens is 170 g/mol. The highest BCUT2D eigenvalue weighted by atomic mass is 15.2. The average Bonchev–Trinajstić information content (AvgIpc) is 2.64. The van der Waals surface area contributed by atoms with Gasteiger partial charge in [-0.3, -0.25) is 0 Å². The summed E-state index contributed by atoms with van der Waals surface area (Å²) in [5, 5.41) is 0. The summed E-state index contributed by atoms with van der Waals surface area (Å²) in [6.45, 7) is 11.4. The van der Waals surface area contributed by atoms with Crippen molar-refractivity contribution in [2.45, 2.75) is 59.4 Å². The Balaban J connectivity index is 0.000000461. The standard InChI is InChI=1S/C11H21N.C2H6/c1-9(2)12-7-10-5-3-4-6-11(10)8-12;1-2/h9-11H,3-8H2,1-2H3;1-2H3. The first-order valence-corrected chi connectivity index (χ1v) is 6.51. The molecule has 0 N–H and O–H groups in total.